The summed E-state index contributed by atoms with van der Waals surface area (Å²) in [6.45, 7) is 4.31. The van der Waals surface area contributed by atoms with E-state index in [1.807, 2.05) is 0 Å². The fourth-order valence-electron chi connectivity index (χ4n) is 2.52. The first-order valence-corrected chi connectivity index (χ1v) is 6.57. The Bertz CT molecular complexity index is 471. The molecule has 98 valence electrons. The number of nitrogens with one attached hydrogen (secondary N) is 1. The second-order valence-corrected chi connectivity index (χ2v) is 6.00. The van der Waals surface area contributed by atoms with E-state index in [0.717, 1.165) is 19.3 Å². The Labute approximate surface area is 112 Å². The van der Waals surface area contributed by atoms with Crippen LogP contribution in [-0.4, -0.2) is 17.1 Å². The summed E-state index contributed by atoms with van der Waals surface area (Å²) in [5.41, 5.74) is 0.356. The van der Waals surface area contributed by atoms with Gasteiger partial charge in [0.05, 0.1) is 5.56 Å². The van der Waals surface area contributed by atoms with Gasteiger partial charge in [-0.25, -0.2) is 0 Å². The van der Waals surface area contributed by atoms with Crippen LogP contribution in [0, 0.1) is 5.41 Å². The number of benzene rings is 1. The lowest BCUT2D eigenvalue weighted by Gasteiger charge is -2.27. The third-order valence-corrected chi connectivity index (χ3v) is 4.00. The van der Waals surface area contributed by atoms with E-state index >= 15 is 0 Å². The molecule has 1 amide bonds. The normalized spacial score (nSPS) is 21.8. The zero-order valence-electron chi connectivity index (χ0n) is 10.7. The minimum Gasteiger partial charge on any atom is -0.507 e. The molecule has 1 aromatic carbocycles. The summed E-state index contributed by atoms with van der Waals surface area (Å²) in [6.07, 6.45) is 3.22. The van der Waals surface area contributed by atoms with Gasteiger partial charge in [0, 0.05) is 11.1 Å². The summed E-state index contributed by atoms with van der Waals surface area (Å²) in [6, 6.07) is 4.65. The van der Waals surface area contributed by atoms with E-state index < -0.39 is 0 Å². The fraction of sp³-hybridized carbons (Fsp3) is 0.500. The van der Waals surface area contributed by atoms with E-state index in [0.29, 0.717) is 5.02 Å². The molecule has 0 aliphatic heterocycles. The Balaban J connectivity index is 2.15. The summed E-state index contributed by atoms with van der Waals surface area (Å²) in [4.78, 5) is 12.1. The topological polar surface area (TPSA) is 49.3 Å². The maximum atomic E-state index is 12.1. The second kappa shape index (κ2) is 4.81. The minimum atomic E-state index is -0.255. The SMILES string of the molecule is CC1(C)CCCC1NC(=O)c1cc(Cl)ccc1O. The molecule has 1 aliphatic carbocycles. The number of phenolic OH excluding ortho intramolecular Hbond substituents is 1. The highest BCUT2D eigenvalue weighted by molar-refractivity contribution is 6.31. The maximum Gasteiger partial charge on any atom is 0.255 e. The first-order chi connectivity index (χ1) is 8.40. The molecule has 4 heteroatoms. The number of amides is 1. The van der Waals surface area contributed by atoms with Crippen LogP contribution in [0.1, 0.15) is 43.5 Å². The number of phenols is 1. The van der Waals surface area contributed by atoms with Crippen LogP contribution in [0.3, 0.4) is 0 Å². The number of hydrogen-bond donors (Lipinski definition) is 2. The smallest absolute Gasteiger partial charge is 0.255 e. The molecule has 3 nitrogen and oxygen atoms in total. The zero-order chi connectivity index (χ0) is 13.3. The molecular weight excluding hydrogens is 250 g/mol. The summed E-state index contributed by atoms with van der Waals surface area (Å²) >= 11 is 5.84. The van der Waals surface area contributed by atoms with Gasteiger partial charge in [0.25, 0.3) is 5.91 Å². The Kier molecular flexibility index (Phi) is 3.53. The molecule has 1 unspecified atom stereocenters. The van der Waals surface area contributed by atoms with Crippen molar-refractivity contribution in [3.8, 4) is 5.75 Å². The molecule has 1 atom stereocenters. The largest absolute Gasteiger partial charge is 0.507 e. The minimum absolute atomic E-state index is 0.0345. The monoisotopic (exact) mass is 267 g/mol. The Morgan fingerprint density at radius 1 is 1.50 bits per heavy atom. The van der Waals surface area contributed by atoms with Crippen LogP contribution in [-0.2, 0) is 0 Å². The van der Waals surface area contributed by atoms with Gasteiger partial charge in [-0.2, -0.15) is 0 Å². The third-order valence-electron chi connectivity index (χ3n) is 3.77. The van der Waals surface area contributed by atoms with E-state index in [1.54, 1.807) is 6.07 Å². The molecule has 18 heavy (non-hydrogen) atoms. The second-order valence-electron chi connectivity index (χ2n) is 5.57. The summed E-state index contributed by atoms with van der Waals surface area (Å²) in [7, 11) is 0. The van der Waals surface area contributed by atoms with Crippen LogP contribution in [0.2, 0.25) is 5.02 Å². The molecule has 0 bridgehead atoms. The van der Waals surface area contributed by atoms with E-state index in [1.165, 1.54) is 12.1 Å². The van der Waals surface area contributed by atoms with Gasteiger partial charge in [0.15, 0.2) is 0 Å². The van der Waals surface area contributed by atoms with Crippen LogP contribution < -0.4 is 5.32 Å². The van der Waals surface area contributed by atoms with Crippen molar-refractivity contribution in [1.82, 2.24) is 5.32 Å². The van der Waals surface area contributed by atoms with Crippen molar-refractivity contribution in [2.45, 2.75) is 39.2 Å². The number of halogens is 1. The molecule has 0 aromatic heterocycles. The molecule has 0 spiro atoms. The Hall–Kier alpha value is -1.22. The van der Waals surface area contributed by atoms with Gasteiger partial charge in [-0.1, -0.05) is 31.9 Å². The van der Waals surface area contributed by atoms with Crippen LogP contribution in [0.15, 0.2) is 18.2 Å². The molecule has 0 heterocycles. The van der Waals surface area contributed by atoms with Crippen molar-refractivity contribution in [2.24, 2.45) is 5.41 Å². The molecule has 0 saturated heterocycles. The van der Waals surface area contributed by atoms with Gasteiger partial charge in [-0.3, -0.25) is 4.79 Å². The molecule has 1 fully saturated rings. The number of hydrogen-bond acceptors (Lipinski definition) is 2. The average Bonchev–Trinajstić information content (AvgIpc) is 2.62. The van der Waals surface area contributed by atoms with Crippen LogP contribution in [0.4, 0.5) is 0 Å². The van der Waals surface area contributed by atoms with Gasteiger partial charge in [-0.05, 0) is 36.5 Å². The van der Waals surface area contributed by atoms with Gasteiger partial charge < -0.3 is 10.4 Å². The van der Waals surface area contributed by atoms with Gasteiger partial charge in [-0.15, -0.1) is 0 Å². The number of rotatable bonds is 2. The molecular formula is C14H18ClNO2. The van der Waals surface area contributed by atoms with E-state index in [4.69, 9.17) is 11.6 Å². The fourth-order valence-corrected chi connectivity index (χ4v) is 2.69. The molecule has 1 saturated carbocycles. The first kappa shape index (κ1) is 13.2. The predicted molar refractivity (Wildman–Crippen MR) is 72.0 cm³/mol. The highest BCUT2D eigenvalue weighted by Crippen LogP contribution is 2.37. The van der Waals surface area contributed by atoms with Gasteiger partial charge in [0.2, 0.25) is 0 Å². The number of carbonyl (C=O) groups is 1. The summed E-state index contributed by atoms with van der Waals surface area (Å²) < 4.78 is 0. The molecule has 2 rings (SSSR count). The molecule has 2 N–H and O–H groups in total. The molecule has 1 aliphatic rings. The van der Waals surface area contributed by atoms with Crippen molar-refractivity contribution < 1.29 is 9.90 Å². The zero-order valence-corrected chi connectivity index (χ0v) is 11.4. The third kappa shape index (κ3) is 2.61. The van der Waals surface area contributed by atoms with E-state index in [-0.39, 0.29) is 28.7 Å². The maximum absolute atomic E-state index is 12.1. The Morgan fingerprint density at radius 3 is 2.83 bits per heavy atom. The van der Waals surface area contributed by atoms with Crippen molar-refractivity contribution in [2.75, 3.05) is 0 Å². The van der Waals surface area contributed by atoms with Crippen molar-refractivity contribution in [3.05, 3.63) is 28.8 Å². The van der Waals surface area contributed by atoms with Crippen LogP contribution >= 0.6 is 11.6 Å². The van der Waals surface area contributed by atoms with Gasteiger partial charge >= 0.3 is 0 Å². The lowest BCUT2D eigenvalue weighted by atomic mass is 9.87. The van der Waals surface area contributed by atoms with Crippen molar-refractivity contribution in [3.63, 3.8) is 0 Å². The quantitative estimate of drug-likeness (QED) is 0.863. The average molecular weight is 268 g/mol. The van der Waals surface area contributed by atoms with Crippen LogP contribution in [0.5, 0.6) is 5.75 Å². The lowest BCUT2D eigenvalue weighted by Crippen LogP contribution is -2.41. The van der Waals surface area contributed by atoms with E-state index in [9.17, 15) is 9.90 Å². The highest BCUT2D eigenvalue weighted by atomic mass is 35.5. The first-order valence-electron chi connectivity index (χ1n) is 6.19. The van der Waals surface area contributed by atoms with Gasteiger partial charge in [0.1, 0.15) is 5.75 Å². The van der Waals surface area contributed by atoms with Crippen molar-refractivity contribution >= 4 is 17.5 Å². The molecule has 1 aromatic rings. The molecule has 0 radical (unpaired) electrons. The van der Waals surface area contributed by atoms with Crippen molar-refractivity contribution in [1.29, 1.82) is 0 Å². The van der Waals surface area contributed by atoms with E-state index in [2.05, 4.69) is 19.2 Å². The summed E-state index contributed by atoms with van der Waals surface area (Å²) in [5.74, 6) is -0.289. The number of aromatic hydroxyl groups is 1. The lowest BCUT2D eigenvalue weighted by molar-refractivity contribution is 0.0907. The highest BCUT2D eigenvalue weighted by Gasteiger charge is 2.35. The standard InChI is InChI=1S/C14H18ClNO2/c1-14(2)7-3-4-12(14)16-13(18)10-8-9(15)5-6-11(10)17/h5-6,8,12,17H,3-4,7H2,1-2H3,(H,16,18). The Morgan fingerprint density at radius 2 is 2.22 bits per heavy atom. The van der Waals surface area contributed by atoms with Crippen LogP contribution in [0.25, 0.3) is 0 Å². The number of carbonyl (C=O) groups excluding carboxylic acids is 1. The summed E-state index contributed by atoms with van der Waals surface area (Å²) in [5, 5.41) is 13.1. The predicted octanol–water partition coefficient (Wildman–Crippen LogP) is 3.35.